The van der Waals surface area contributed by atoms with E-state index in [0.29, 0.717) is 0 Å². The Balaban J connectivity index is 1.89. The van der Waals surface area contributed by atoms with Crippen LogP contribution >= 0.6 is 0 Å². The van der Waals surface area contributed by atoms with Crippen LogP contribution in [0.2, 0.25) is 0 Å². The molecule has 1 heteroatoms. The van der Waals surface area contributed by atoms with Crippen molar-refractivity contribution >= 4 is 0 Å². The van der Waals surface area contributed by atoms with E-state index in [1.165, 1.54) is 51.4 Å². The van der Waals surface area contributed by atoms with E-state index >= 15 is 0 Å². The molecule has 0 radical (unpaired) electrons. The lowest BCUT2D eigenvalue weighted by Crippen LogP contribution is -2.40. The van der Waals surface area contributed by atoms with Crippen molar-refractivity contribution in [1.82, 2.24) is 5.32 Å². The topological polar surface area (TPSA) is 12.0 Å². The first-order valence-corrected chi connectivity index (χ1v) is 7.88. The van der Waals surface area contributed by atoms with Crippen LogP contribution in [0.5, 0.6) is 0 Å². The van der Waals surface area contributed by atoms with E-state index in [0.717, 1.165) is 29.7 Å². The molecule has 0 aromatic carbocycles. The first-order valence-electron chi connectivity index (χ1n) is 7.88. The van der Waals surface area contributed by atoms with E-state index in [-0.39, 0.29) is 0 Å². The Bertz CT molecular complexity index is 216. The van der Waals surface area contributed by atoms with Gasteiger partial charge in [-0.2, -0.15) is 0 Å². The maximum Gasteiger partial charge on any atom is 0.00926 e. The van der Waals surface area contributed by atoms with Crippen LogP contribution in [0.4, 0.5) is 0 Å². The molecule has 1 N–H and O–H groups in total. The zero-order valence-corrected chi connectivity index (χ0v) is 12.0. The zero-order valence-electron chi connectivity index (χ0n) is 12.0. The van der Waals surface area contributed by atoms with Gasteiger partial charge in [0.05, 0.1) is 0 Å². The summed E-state index contributed by atoms with van der Waals surface area (Å²) >= 11 is 0. The Morgan fingerprint density at radius 3 is 2.35 bits per heavy atom. The third-order valence-electron chi connectivity index (χ3n) is 5.45. The molecule has 3 unspecified atom stereocenters. The van der Waals surface area contributed by atoms with E-state index in [4.69, 9.17) is 0 Å². The highest BCUT2D eigenvalue weighted by Gasteiger charge is 2.32. The lowest BCUT2D eigenvalue weighted by Gasteiger charge is -2.39. The van der Waals surface area contributed by atoms with Gasteiger partial charge in [-0.1, -0.05) is 39.5 Å². The van der Waals surface area contributed by atoms with Crippen molar-refractivity contribution in [1.29, 1.82) is 0 Å². The van der Waals surface area contributed by atoms with Gasteiger partial charge in [-0.05, 0) is 56.4 Å². The monoisotopic (exact) mass is 237 g/mol. The smallest absolute Gasteiger partial charge is 0.00926 e. The van der Waals surface area contributed by atoms with E-state index in [1.807, 2.05) is 0 Å². The first-order chi connectivity index (χ1) is 8.20. The van der Waals surface area contributed by atoms with Gasteiger partial charge >= 0.3 is 0 Å². The van der Waals surface area contributed by atoms with E-state index < -0.39 is 0 Å². The normalized spacial score (nSPS) is 35.6. The van der Waals surface area contributed by atoms with Crippen molar-refractivity contribution in [2.24, 2.45) is 23.7 Å². The molecule has 0 aromatic rings. The predicted molar refractivity (Wildman–Crippen MR) is 75.1 cm³/mol. The Hall–Kier alpha value is -0.0400. The molecular weight excluding hydrogens is 206 g/mol. The maximum absolute atomic E-state index is 3.59. The quantitative estimate of drug-likeness (QED) is 0.771. The van der Waals surface area contributed by atoms with Crippen LogP contribution in [0.1, 0.15) is 65.2 Å². The molecule has 17 heavy (non-hydrogen) atoms. The molecule has 0 aromatic heterocycles. The lowest BCUT2D eigenvalue weighted by atomic mass is 9.71. The molecule has 0 saturated heterocycles. The van der Waals surface area contributed by atoms with Gasteiger partial charge in [0.15, 0.2) is 0 Å². The van der Waals surface area contributed by atoms with Crippen LogP contribution in [0.25, 0.3) is 0 Å². The first kappa shape index (κ1) is 13.4. The fraction of sp³-hybridized carbons (Fsp3) is 1.00. The highest BCUT2D eigenvalue weighted by atomic mass is 14.9. The summed E-state index contributed by atoms with van der Waals surface area (Å²) in [5, 5.41) is 3.59. The molecular formula is C16H31N. The predicted octanol–water partition coefficient (Wildman–Crippen LogP) is 4.23. The van der Waals surface area contributed by atoms with Gasteiger partial charge < -0.3 is 5.32 Å². The molecule has 0 heterocycles. The van der Waals surface area contributed by atoms with E-state index in [1.54, 1.807) is 0 Å². The van der Waals surface area contributed by atoms with Crippen LogP contribution < -0.4 is 5.32 Å². The summed E-state index contributed by atoms with van der Waals surface area (Å²) in [5.41, 5.74) is 0. The number of rotatable bonds is 4. The largest absolute Gasteiger partial charge is 0.317 e. The summed E-state index contributed by atoms with van der Waals surface area (Å²) < 4.78 is 0. The van der Waals surface area contributed by atoms with Gasteiger partial charge in [-0.25, -0.2) is 0 Å². The van der Waals surface area contributed by atoms with E-state index in [9.17, 15) is 0 Å². The Morgan fingerprint density at radius 2 is 1.76 bits per heavy atom. The standard InChI is InChI=1S/C16H31N/c1-12(2)14-8-9-16(17-3)15(11-14)10-13-6-4-5-7-13/h12-17H,4-11H2,1-3H3. The van der Waals surface area contributed by atoms with Crippen molar-refractivity contribution < 1.29 is 0 Å². The average molecular weight is 237 g/mol. The van der Waals surface area contributed by atoms with Crippen molar-refractivity contribution in [3.63, 3.8) is 0 Å². The fourth-order valence-corrected chi connectivity index (χ4v) is 4.22. The molecule has 1 nitrogen and oxygen atoms in total. The third kappa shape index (κ3) is 3.47. The summed E-state index contributed by atoms with van der Waals surface area (Å²) in [6, 6.07) is 0.811. The van der Waals surface area contributed by atoms with Crippen LogP contribution in [-0.2, 0) is 0 Å². The van der Waals surface area contributed by atoms with Crippen LogP contribution in [0.3, 0.4) is 0 Å². The van der Waals surface area contributed by atoms with Crippen LogP contribution in [0, 0.1) is 23.7 Å². The highest BCUT2D eigenvalue weighted by molar-refractivity contribution is 4.87. The molecule has 0 bridgehead atoms. The molecule has 3 atom stereocenters. The fourth-order valence-electron chi connectivity index (χ4n) is 4.22. The van der Waals surface area contributed by atoms with Crippen molar-refractivity contribution in [2.75, 3.05) is 7.05 Å². The number of nitrogens with one attached hydrogen (secondary N) is 1. The lowest BCUT2D eigenvalue weighted by molar-refractivity contribution is 0.150. The zero-order chi connectivity index (χ0) is 12.3. The Kier molecular flexibility index (Phi) is 4.90. The van der Waals surface area contributed by atoms with E-state index in [2.05, 4.69) is 26.2 Å². The molecule has 2 aliphatic rings. The average Bonchev–Trinajstić information content (AvgIpc) is 2.81. The molecule has 2 saturated carbocycles. The van der Waals surface area contributed by atoms with Crippen LogP contribution in [-0.4, -0.2) is 13.1 Å². The minimum absolute atomic E-state index is 0.811. The van der Waals surface area contributed by atoms with Gasteiger partial charge in [0, 0.05) is 6.04 Å². The third-order valence-corrected chi connectivity index (χ3v) is 5.45. The van der Waals surface area contributed by atoms with Gasteiger partial charge in [-0.15, -0.1) is 0 Å². The molecule has 0 spiro atoms. The molecule has 2 aliphatic carbocycles. The van der Waals surface area contributed by atoms with Gasteiger partial charge in [0.25, 0.3) is 0 Å². The summed E-state index contributed by atoms with van der Waals surface area (Å²) in [4.78, 5) is 0. The number of hydrogen-bond acceptors (Lipinski definition) is 1. The SMILES string of the molecule is CNC1CCC(C(C)C)CC1CC1CCCC1. The Labute approximate surface area is 108 Å². The number of hydrogen-bond donors (Lipinski definition) is 1. The van der Waals surface area contributed by atoms with Crippen LogP contribution in [0.15, 0.2) is 0 Å². The second kappa shape index (κ2) is 6.22. The van der Waals surface area contributed by atoms with Gasteiger partial charge in [-0.3, -0.25) is 0 Å². The summed E-state index contributed by atoms with van der Waals surface area (Å²) in [5.74, 6) is 3.90. The second-order valence-corrected chi connectivity index (χ2v) is 6.86. The van der Waals surface area contributed by atoms with Crippen molar-refractivity contribution in [2.45, 2.75) is 71.3 Å². The molecule has 100 valence electrons. The second-order valence-electron chi connectivity index (χ2n) is 6.86. The summed E-state index contributed by atoms with van der Waals surface area (Å²) in [6.07, 6.45) is 11.9. The van der Waals surface area contributed by atoms with Crippen molar-refractivity contribution in [3.8, 4) is 0 Å². The minimum atomic E-state index is 0.811. The van der Waals surface area contributed by atoms with Gasteiger partial charge in [0.1, 0.15) is 0 Å². The van der Waals surface area contributed by atoms with Gasteiger partial charge in [0.2, 0.25) is 0 Å². The Morgan fingerprint density at radius 1 is 1.06 bits per heavy atom. The van der Waals surface area contributed by atoms with Crippen molar-refractivity contribution in [3.05, 3.63) is 0 Å². The maximum atomic E-state index is 3.59. The molecule has 2 fully saturated rings. The summed E-state index contributed by atoms with van der Waals surface area (Å²) in [6.45, 7) is 4.83. The molecule has 2 rings (SSSR count). The molecule has 0 amide bonds. The summed E-state index contributed by atoms with van der Waals surface area (Å²) in [7, 11) is 2.17. The highest BCUT2D eigenvalue weighted by Crippen LogP contribution is 2.40. The minimum Gasteiger partial charge on any atom is -0.317 e. The molecule has 0 aliphatic heterocycles.